The smallest absolute Gasteiger partial charge is 0.254 e. The Morgan fingerprint density at radius 1 is 1.21 bits per heavy atom. The quantitative estimate of drug-likeness (QED) is 0.847. The van der Waals surface area contributed by atoms with E-state index in [1.807, 2.05) is 0 Å². The van der Waals surface area contributed by atoms with Crippen molar-refractivity contribution in [2.24, 2.45) is 0 Å². The standard InChI is InChI=1S/C20H21ClN2O5/c21-15-10-13(11-17-18(15)28-9-3-8-27-17)20(25)23-6-1-5-16(23)19(24)22-12-14-4-2-7-26-14/h2,4,7,10-11,16H,1,3,5-6,8-9,12H2,(H,22,24). The van der Waals surface area contributed by atoms with E-state index in [-0.39, 0.29) is 11.8 Å². The number of amides is 2. The summed E-state index contributed by atoms with van der Waals surface area (Å²) < 4.78 is 16.5. The molecule has 1 aromatic heterocycles. The number of likely N-dealkylation sites (tertiary alicyclic amines) is 1. The average Bonchev–Trinajstić information content (AvgIpc) is 3.33. The van der Waals surface area contributed by atoms with Crippen LogP contribution in [0.1, 0.15) is 35.4 Å². The van der Waals surface area contributed by atoms with Crippen LogP contribution in [0.5, 0.6) is 11.5 Å². The molecule has 2 amide bonds. The zero-order chi connectivity index (χ0) is 19.5. The second-order valence-corrected chi connectivity index (χ2v) is 7.20. The van der Waals surface area contributed by atoms with Crippen molar-refractivity contribution in [3.8, 4) is 11.5 Å². The third kappa shape index (κ3) is 3.80. The van der Waals surface area contributed by atoms with Gasteiger partial charge in [-0.1, -0.05) is 11.6 Å². The van der Waals surface area contributed by atoms with Crippen LogP contribution in [-0.4, -0.2) is 42.5 Å². The normalized spacial score (nSPS) is 18.6. The van der Waals surface area contributed by atoms with Crippen LogP contribution in [0.2, 0.25) is 5.02 Å². The highest BCUT2D eigenvalue weighted by atomic mass is 35.5. The van der Waals surface area contributed by atoms with Gasteiger partial charge in [0.1, 0.15) is 11.8 Å². The maximum absolute atomic E-state index is 13.1. The van der Waals surface area contributed by atoms with E-state index in [9.17, 15) is 9.59 Å². The second-order valence-electron chi connectivity index (χ2n) is 6.79. The van der Waals surface area contributed by atoms with Crippen LogP contribution in [0.4, 0.5) is 0 Å². The molecule has 0 spiro atoms. The molecule has 1 atom stereocenters. The Morgan fingerprint density at radius 2 is 2.07 bits per heavy atom. The highest BCUT2D eigenvalue weighted by Crippen LogP contribution is 2.38. The van der Waals surface area contributed by atoms with E-state index in [1.165, 1.54) is 0 Å². The number of halogens is 1. The Hall–Kier alpha value is -2.67. The molecule has 0 radical (unpaired) electrons. The summed E-state index contributed by atoms with van der Waals surface area (Å²) in [5.41, 5.74) is 0.389. The van der Waals surface area contributed by atoms with E-state index in [2.05, 4.69) is 5.32 Å². The Labute approximate surface area is 167 Å². The van der Waals surface area contributed by atoms with Crippen molar-refractivity contribution in [2.75, 3.05) is 19.8 Å². The predicted octanol–water partition coefficient (Wildman–Crippen LogP) is 3.02. The van der Waals surface area contributed by atoms with E-state index >= 15 is 0 Å². The van der Waals surface area contributed by atoms with Crippen LogP contribution in [0.3, 0.4) is 0 Å². The molecular weight excluding hydrogens is 384 g/mol. The first-order valence-electron chi connectivity index (χ1n) is 9.33. The molecule has 8 heteroatoms. The lowest BCUT2D eigenvalue weighted by atomic mass is 10.1. The highest BCUT2D eigenvalue weighted by molar-refractivity contribution is 6.32. The number of fused-ring (bicyclic) bond motifs is 1. The summed E-state index contributed by atoms with van der Waals surface area (Å²) in [6.45, 7) is 1.83. The monoisotopic (exact) mass is 404 g/mol. The van der Waals surface area contributed by atoms with Crippen molar-refractivity contribution in [3.63, 3.8) is 0 Å². The van der Waals surface area contributed by atoms with Gasteiger partial charge < -0.3 is 24.1 Å². The number of carbonyl (C=O) groups is 2. The molecule has 148 valence electrons. The molecule has 1 saturated heterocycles. The fourth-order valence-electron chi connectivity index (χ4n) is 3.51. The molecule has 1 fully saturated rings. The van der Waals surface area contributed by atoms with Crippen molar-refractivity contribution in [2.45, 2.75) is 31.8 Å². The van der Waals surface area contributed by atoms with E-state index in [4.69, 9.17) is 25.5 Å². The lowest BCUT2D eigenvalue weighted by Crippen LogP contribution is -2.45. The zero-order valence-corrected chi connectivity index (χ0v) is 16.0. The van der Waals surface area contributed by atoms with Gasteiger partial charge >= 0.3 is 0 Å². The Balaban J connectivity index is 1.49. The van der Waals surface area contributed by atoms with Crippen LogP contribution in [0.25, 0.3) is 0 Å². The summed E-state index contributed by atoms with van der Waals surface area (Å²) >= 11 is 6.31. The van der Waals surface area contributed by atoms with Gasteiger partial charge in [-0.3, -0.25) is 9.59 Å². The maximum atomic E-state index is 13.1. The number of rotatable bonds is 4. The first-order chi connectivity index (χ1) is 13.6. The molecule has 4 rings (SSSR count). The molecule has 0 bridgehead atoms. The van der Waals surface area contributed by atoms with Crippen LogP contribution in [0.15, 0.2) is 34.9 Å². The number of furan rings is 1. The molecule has 1 aromatic carbocycles. The third-order valence-electron chi connectivity index (χ3n) is 4.88. The number of benzene rings is 1. The summed E-state index contributed by atoms with van der Waals surface area (Å²) in [5.74, 6) is 1.16. The summed E-state index contributed by atoms with van der Waals surface area (Å²) in [6, 6.07) is 6.26. The lowest BCUT2D eigenvalue weighted by molar-refractivity contribution is -0.125. The fourth-order valence-corrected chi connectivity index (χ4v) is 3.77. The SMILES string of the molecule is O=C(NCc1ccco1)C1CCCN1C(=O)c1cc(Cl)c2c(c1)OCCCO2. The molecule has 0 aliphatic carbocycles. The molecule has 7 nitrogen and oxygen atoms in total. The van der Waals surface area contributed by atoms with E-state index in [0.717, 1.165) is 12.8 Å². The Kier molecular flexibility index (Phi) is 5.43. The molecule has 2 aliphatic rings. The van der Waals surface area contributed by atoms with E-state index in [0.29, 0.717) is 60.6 Å². The average molecular weight is 405 g/mol. The summed E-state index contributed by atoms with van der Waals surface area (Å²) in [7, 11) is 0. The van der Waals surface area contributed by atoms with Gasteiger partial charge in [0.2, 0.25) is 5.91 Å². The second kappa shape index (κ2) is 8.14. The van der Waals surface area contributed by atoms with Gasteiger partial charge in [0.05, 0.1) is 31.0 Å². The number of nitrogens with zero attached hydrogens (tertiary/aromatic N) is 1. The van der Waals surface area contributed by atoms with Gasteiger partial charge in [-0.2, -0.15) is 0 Å². The lowest BCUT2D eigenvalue weighted by Gasteiger charge is -2.24. The number of carbonyl (C=O) groups excluding carboxylic acids is 2. The van der Waals surface area contributed by atoms with Crippen molar-refractivity contribution in [3.05, 3.63) is 46.9 Å². The molecule has 2 aromatic rings. The van der Waals surface area contributed by atoms with E-state index in [1.54, 1.807) is 35.4 Å². The van der Waals surface area contributed by atoms with Crippen molar-refractivity contribution in [1.82, 2.24) is 10.2 Å². The molecular formula is C20H21ClN2O5. The summed E-state index contributed by atoms with van der Waals surface area (Å²) in [5, 5.41) is 3.17. The van der Waals surface area contributed by atoms with Crippen LogP contribution in [-0.2, 0) is 11.3 Å². The number of hydrogen-bond donors (Lipinski definition) is 1. The van der Waals surface area contributed by atoms with Gasteiger partial charge in [-0.25, -0.2) is 0 Å². The van der Waals surface area contributed by atoms with Crippen molar-refractivity contribution < 1.29 is 23.5 Å². The number of nitrogens with one attached hydrogen (secondary N) is 1. The summed E-state index contributed by atoms with van der Waals surface area (Å²) in [4.78, 5) is 27.3. The zero-order valence-electron chi connectivity index (χ0n) is 15.3. The molecule has 3 heterocycles. The van der Waals surface area contributed by atoms with Gasteiger partial charge in [-0.05, 0) is 37.1 Å². The maximum Gasteiger partial charge on any atom is 0.254 e. The molecule has 0 saturated carbocycles. The highest BCUT2D eigenvalue weighted by Gasteiger charge is 2.35. The van der Waals surface area contributed by atoms with E-state index < -0.39 is 6.04 Å². The van der Waals surface area contributed by atoms with Gasteiger partial charge in [-0.15, -0.1) is 0 Å². The molecule has 1 unspecified atom stereocenters. The molecule has 1 N–H and O–H groups in total. The van der Waals surface area contributed by atoms with Gasteiger partial charge in [0.25, 0.3) is 5.91 Å². The number of hydrogen-bond acceptors (Lipinski definition) is 5. The Bertz CT molecular complexity index is 868. The minimum absolute atomic E-state index is 0.192. The van der Waals surface area contributed by atoms with Crippen molar-refractivity contribution in [1.29, 1.82) is 0 Å². The minimum atomic E-state index is -0.516. The molecule has 2 aliphatic heterocycles. The van der Waals surface area contributed by atoms with Crippen LogP contribution >= 0.6 is 11.6 Å². The third-order valence-corrected chi connectivity index (χ3v) is 5.16. The summed E-state index contributed by atoms with van der Waals surface area (Å²) in [6.07, 6.45) is 3.69. The first kappa shape index (κ1) is 18.7. The van der Waals surface area contributed by atoms with Crippen LogP contribution < -0.4 is 14.8 Å². The number of ether oxygens (including phenoxy) is 2. The largest absolute Gasteiger partial charge is 0.489 e. The first-order valence-corrected chi connectivity index (χ1v) is 9.71. The predicted molar refractivity (Wildman–Crippen MR) is 102 cm³/mol. The fraction of sp³-hybridized carbons (Fsp3) is 0.400. The van der Waals surface area contributed by atoms with Gasteiger partial charge in [0.15, 0.2) is 11.5 Å². The van der Waals surface area contributed by atoms with Crippen molar-refractivity contribution >= 4 is 23.4 Å². The Morgan fingerprint density at radius 3 is 2.89 bits per heavy atom. The topological polar surface area (TPSA) is 81.0 Å². The minimum Gasteiger partial charge on any atom is -0.489 e. The molecule has 28 heavy (non-hydrogen) atoms. The van der Waals surface area contributed by atoms with Gasteiger partial charge in [0, 0.05) is 18.5 Å². The van der Waals surface area contributed by atoms with Crippen LogP contribution in [0, 0.1) is 0 Å².